The lowest BCUT2D eigenvalue weighted by atomic mass is 10.1. The number of hydrogen-bond acceptors (Lipinski definition) is 2. The van der Waals surface area contributed by atoms with Crippen LogP contribution in [0, 0.1) is 5.82 Å². The Labute approximate surface area is 153 Å². The summed E-state index contributed by atoms with van der Waals surface area (Å²) < 4.78 is 15.9. The van der Waals surface area contributed by atoms with Crippen molar-refractivity contribution >= 4 is 27.7 Å². The van der Waals surface area contributed by atoms with Crippen LogP contribution in [0.5, 0.6) is 0 Å². The molecule has 5 heteroatoms. The summed E-state index contributed by atoms with van der Waals surface area (Å²) in [4.78, 5) is 4.03. The van der Waals surface area contributed by atoms with Gasteiger partial charge in [-0.1, -0.05) is 52.3 Å². The third-order valence-electron chi connectivity index (χ3n) is 3.69. The minimum Gasteiger partial charge on any atom is -0.382 e. The summed E-state index contributed by atoms with van der Waals surface area (Å²) >= 11 is 3.41. The quantitative estimate of drug-likeness (QED) is 0.609. The van der Waals surface area contributed by atoms with E-state index in [1.807, 2.05) is 42.5 Å². The molecule has 0 aliphatic carbocycles. The highest BCUT2D eigenvalue weighted by molar-refractivity contribution is 9.10. The lowest BCUT2D eigenvalue weighted by Gasteiger charge is -2.16. The fourth-order valence-electron chi connectivity index (χ4n) is 2.38. The summed E-state index contributed by atoms with van der Waals surface area (Å²) in [5, 5.41) is 10.7. The SMILES string of the molecule is OC(/C(=C/C=C/c1ccc(Br)cc1)n1ccnc1)c1ccc(F)cc1. The number of halogens is 2. The summed E-state index contributed by atoms with van der Waals surface area (Å²) in [6.07, 6.45) is 9.75. The molecule has 0 spiro atoms. The number of imidazole rings is 1. The molecule has 0 saturated heterocycles. The number of rotatable bonds is 5. The molecule has 1 N–H and O–H groups in total. The molecule has 1 atom stereocenters. The smallest absolute Gasteiger partial charge is 0.123 e. The Morgan fingerprint density at radius 3 is 2.48 bits per heavy atom. The molecular weight excluding hydrogens is 383 g/mol. The predicted molar refractivity (Wildman–Crippen MR) is 101 cm³/mol. The molecule has 0 fully saturated rings. The normalized spacial score (nSPS) is 13.3. The maximum absolute atomic E-state index is 13.1. The maximum Gasteiger partial charge on any atom is 0.123 e. The molecule has 2 aromatic carbocycles. The molecular formula is C20H16BrFN2O. The van der Waals surface area contributed by atoms with E-state index in [9.17, 15) is 9.50 Å². The van der Waals surface area contributed by atoms with Crippen molar-refractivity contribution < 1.29 is 9.50 Å². The number of aliphatic hydroxyl groups excluding tert-OH is 1. The topological polar surface area (TPSA) is 38.0 Å². The Morgan fingerprint density at radius 1 is 1.12 bits per heavy atom. The molecule has 126 valence electrons. The van der Waals surface area contributed by atoms with E-state index in [0.29, 0.717) is 11.3 Å². The van der Waals surface area contributed by atoms with Crippen molar-refractivity contribution in [2.75, 3.05) is 0 Å². The van der Waals surface area contributed by atoms with Crippen LogP contribution in [0.4, 0.5) is 4.39 Å². The molecule has 3 nitrogen and oxygen atoms in total. The first-order valence-corrected chi connectivity index (χ1v) is 8.48. The van der Waals surface area contributed by atoms with Gasteiger partial charge >= 0.3 is 0 Å². The number of aliphatic hydroxyl groups is 1. The Kier molecular flexibility index (Phi) is 5.58. The number of allylic oxidation sites excluding steroid dienone is 2. The molecule has 0 bridgehead atoms. The van der Waals surface area contributed by atoms with Crippen molar-refractivity contribution in [2.45, 2.75) is 6.10 Å². The van der Waals surface area contributed by atoms with Crippen LogP contribution in [0.25, 0.3) is 11.8 Å². The standard InChI is InChI=1S/C20H16BrFN2O/c21-17-8-4-15(5-9-17)2-1-3-19(24-13-12-23-14-24)20(25)16-6-10-18(22)11-7-16/h1-14,20,25H/b2-1+,19-3-. The van der Waals surface area contributed by atoms with Crippen molar-refractivity contribution in [2.24, 2.45) is 0 Å². The molecule has 3 aromatic rings. The third-order valence-corrected chi connectivity index (χ3v) is 4.22. The number of benzene rings is 2. The Bertz CT molecular complexity index is 869. The molecule has 1 unspecified atom stereocenters. The predicted octanol–water partition coefficient (Wildman–Crippen LogP) is 5.07. The van der Waals surface area contributed by atoms with Gasteiger partial charge in [-0.25, -0.2) is 9.37 Å². The fraction of sp³-hybridized carbons (Fsp3) is 0.0500. The Morgan fingerprint density at radius 2 is 1.84 bits per heavy atom. The number of nitrogens with zero attached hydrogens (tertiary/aromatic N) is 2. The first kappa shape index (κ1) is 17.3. The van der Waals surface area contributed by atoms with E-state index in [1.54, 1.807) is 35.4 Å². The Hall–Kier alpha value is -2.50. The molecule has 0 saturated carbocycles. The van der Waals surface area contributed by atoms with Crippen LogP contribution in [0.3, 0.4) is 0 Å². The van der Waals surface area contributed by atoms with Gasteiger partial charge in [0, 0.05) is 16.9 Å². The van der Waals surface area contributed by atoms with Gasteiger partial charge in [-0.2, -0.15) is 0 Å². The van der Waals surface area contributed by atoms with Crippen LogP contribution in [-0.2, 0) is 0 Å². The van der Waals surface area contributed by atoms with E-state index in [2.05, 4.69) is 20.9 Å². The monoisotopic (exact) mass is 398 g/mol. The first-order valence-electron chi connectivity index (χ1n) is 7.69. The van der Waals surface area contributed by atoms with E-state index in [-0.39, 0.29) is 5.82 Å². The van der Waals surface area contributed by atoms with E-state index in [0.717, 1.165) is 10.0 Å². The van der Waals surface area contributed by atoms with E-state index >= 15 is 0 Å². The zero-order valence-electron chi connectivity index (χ0n) is 13.3. The molecule has 0 amide bonds. The zero-order chi connectivity index (χ0) is 17.6. The van der Waals surface area contributed by atoms with Crippen molar-refractivity contribution in [3.05, 3.63) is 101 Å². The van der Waals surface area contributed by atoms with Gasteiger partial charge in [-0.05, 0) is 41.5 Å². The van der Waals surface area contributed by atoms with Gasteiger partial charge in [-0.3, -0.25) is 0 Å². The highest BCUT2D eigenvalue weighted by Gasteiger charge is 2.14. The Balaban J connectivity index is 1.89. The second-order valence-electron chi connectivity index (χ2n) is 5.43. The summed E-state index contributed by atoms with van der Waals surface area (Å²) in [6.45, 7) is 0. The van der Waals surface area contributed by atoms with Crippen LogP contribution in [0.1, 0.15) is 17.2 Å². The van der Waals surface area contributed by atoms with E-state index < -0.39 is 6.10 Å². The van der Waals surface area contributed by atoms with Gasteiger partial charge in [0.1, 0.15) is 11.9 Å². The second kappa shape index (κ2) is 8.05. The average Bonchev–Trinajstić information content (AvgIpc) is 3.15. The molecule has 0 radical (unpaired) electrons. The van der Waals surface area contributed by atoms with Gasteiger partial charge in [0.15, 0.2) is 0 Å². The number of hydrogen-bond donors (Lipinski definition) is 1. The van der Waals surface area contributed by atoms with Crippen LogP contribution in [0.2, 0.25) is 0 Å². The van der Waals surface area contributed by atoms with Crippen LogP contribution in [-0.4, -0.2) is 14.7 Å². The average molecular weight is 399 g/mol. The van der Waals surface area contributed by atoms with E-state index in [4.69, 9.17) is 0 Å². The highest BCUT2D eigenvalue weighted by atomic mass is 79.9. The van der Waals surface area contributed by atoms with Crippen molar-refractivity contribution in [3.63, 3.8) is 0 Å². The summed E-state index contributed by atoms with van der Waals surface area (Å²) in [6, 6.07) is 13.7. The van der Waals surface area contributed by atoms with Gasteiger partial charge in [-0.15, -0.1) is 0 Å². The van der Waals surface area contributed by atoms with Crippen LogP contribution < -0.4 is 0 Å². The van der Waals surface area contributed by atoms with Crippen molar-refractivity contribution in [1.29, 1.82) is 0 Å². The molecule has 1 heterocycles. The molecule has 0 aliphatic heterocycles. The highest BCUT2D eigenvalue weighted by Crippen LogP contribution is 2.25. The largest absolute Gasteiger partial charge is 0.382 e. The van der Waals surface area contributed by atoms with Crippen molar-refractivity contribution in [1.82, 2.24) is 9.55 Å². The fourth-order valence-corrected chi connectivity index (χ4v) is 2.64. The van der Waals surface area contributed by atoms with Gasteiger partial charge in [0.25, 0.3) is 0 Å². The van der Waals surface area contributed by atoms with Crippen LogP contribution in [0.15, 0.2) is 83.9 Å². The molecule has 1 aromatic heterocycles. The van der Waals surface area contributed by atoms with Gasteiger partial charge in [0.2, 0.25) is 0 Å². The minimum absolute atomic E-state index is 0.334. The minimum atomic E-state index is -0.899. The van der Waals surface area contributed by atoms with Crippen molar-refractivity contribution in [3.8, 4) is 0 Å². The second-order valence-corrected chi connectivity index (χ2v) is 6.34. The lowest BCUT2D eigenvalue weighted by molar-refractivity contribution is 0.231. The zero-order valence-corrected chi connectivity index (χ0v) is 14.8. The molecule has 0 aliphatic rings. The summed E-state index contributed by atoms with van der Waals surface area (Å²) in [7, 11) is 0. The summed E-state index contributed by atoms with van der Waals surface area (Å²) in [5.41, 5.74) is 2.27. The first-order chi connectivity index (χ1) is 12.1. The van der Waals surface area contributed by atoms with Crippen LogP contribution >= 0.6 is 15.9 Å². The summed E-state index contributed by atoms with van der Waals surface area (Å²) in [5.74, 6) is -0.334. The van der Waals surface area contributed by atoms with E-state index in [1.165, 1.54) is 12.1 Å². The van der Waals surface area contributed by atoms with Gasteiger partial charge in [0.05, 0.1) is 12.0 Å². The maximum atomic E-state index is 13.1. The molecule has 25 heavy (non-hydrogen) atoms. The van der Waals surface area contributed by atoms with Gasteiger partial charge < -0.3 is 9.67 Å². The lowest BCUT2D eigenvalue weighted by Crippen LogP contribution is -2.06. The molecule has 3 rings (SSSR count). The third kappa shape index (κ3) is 4.53. The number of aromatic nitrogens is 2.